The summed E-state index contributed by atoms with van der Waals surface area (Å²) in [7, 11) is 1.66. The van der Waals surface area contributed by atoms with Crippen LogP contribution in [0.5, 0.6) is 0 Å². The van der Waals surface area contributed by atoms with Gasteiger partial charge >= 0.3 is 0 Å². The van der Waals surface area contributed by atoms with Gasteiger partial charge in [-0.3, -0.25) is 9.79 Å². The highest BCUT2D eigenvalue weighted by molar-refractivity contribution is 5.83. The van der Waals surface area contributed by atoms with Gasteiger partial charge in [0.05, 0.1) is 18.1 Å². The zero-order valence-electron chi connectivity index (χ0n) is 17.2. The van der Waals surface area contributed by atoms with Crippen LogP contribution in [0.3, 0.4) is 0 Å². The quantitative estimate of drug-likeness (QED) is 0.505. The molecule has 0 aromatic carbocycles. The Labute approximate surface area is 153 Å². The van der Waals surface area contributed by atoms with Gasteiger partial charge in [0.15, 0.2) is 5.96 Å². The molecular weight excluding hydrogens is 316 g/mol. The predicted octanol–water partition coefficient (Wildman–Crippen LogP) is 2.16. The van der Waals surface area contributed by atoms with Gasteiger partial charge in [0, 0.05) is 32.7 Å². The Morgan fingerprint density at radius 2 is 1.88 bits per heavy atom. The van der Waals surface area contributed by atoms with Crippen molar-refractivity contribution >= 4 is 11.9 Å². The van der Waals surface area contributed by atoms with Crippen LogP contribution >= 0.6 is 0 Å². The van der Waals surface area contributed by atoms with Crippen molar-refractivity contribution < 1.29 is 9.53 Å². The van der Waals surface area contributed by atoms with Crippen LogP contribution in [0.15, 0.2) is 4.99 Å². The van der Waals surface area contributed by atoms with Crippen molar-refractivity contribution in [1.29, 1.82) is 0 Å². The molecule has 1 aliphatic rings. The number of rotatable bonds is 6. The fourth-order valence-corrected chi connectivity index (χ4v) is 3.27. The fourth-order valence-electron chi connectivity index (χ4n) is 3.27. The Morgan fingerprint density at radius 3 is 2.44 bits per heavy atom. The number of ether oxygens (including phenoxy) is 1. The molecule has 0 spiro atoms. The molecule has 1 rings (SSSR count). The minimum Gasteiger partial charge on any atom is -0.377 e. The summed E-state index contributed by atoms with van der Waals surface area (Å²) < 4.78 is 6.05. The van der Waals surface area contributed by atoms with Crippen LogP contribution in [0.4, 0.5) is 0 Å². The second-order valence-electron chi connectivity index (χ2n) is 8.60. The van der Waals surface area contributed by atoms with Crippen molar-refractivity contribution in [1.82, 2.24) is 16.0 Å². The fraction of sp³-hybridized carbons (Fsp3) is 0.895. The molecule has 6 heteroatoms. The Hall–Kier alpha value is -1.30. The van der Waals surface area contributed by atoms with Gasteiger partial charge in [-0.25, -0.2) is 0 Å². The minimum atomic E-state index is -0.529. The molecule has 1 saturated heterocycles. The minimum absolute atomic E-state index is 0.000533. The summed E-state index contributed by atoms with van der Waals surface area (Å²) in [5.74, 6) is 1.22. The van der Waals surface area contributed by atoms with Gasteiger partial charge in [0.1, 0.15) is 0 Å². The van der Waals surface area contributed by atoms with Gasteiger partial charge in [-0.15, -0.1) is 0 Å². The molecule has 0 aromatic heterocycles. The van der Waals surface area contributed by atoms with E-state index >= 15 is 0 Å². The summed E-state index contributed by atoms with van der Waals surface area (Å²) in [6.45, 7) is 15.5. The van der Waals surface area contributed by atoms with Crippen molar-refractivity contribution in [3.63, 3.8) is 0 Å². The zero-order valence-corrected chi connectivity index (χ0v) is 17.2. The molecule has 0 bridgehead atoms. The molecule has 0 radical (unpaired) electrons. The number of guanidine groups is 1. The number of hydrogen-bond acceptors (Lipinski definition) is 3. The molecule has 1 heterocycles. The number of nitrogens with zero attached hydrogens (tertiary/aromatic N) is 1. The van der Waals surface area contributed by atoms with Crippen molar-refractivity contribution in [2.75, 3.05) is 33.3 Å². The van der Waals surface area contributed by atoms with E-state index in [1.807, 2.05) is 20.8 Å². The van der Waals surface area contributed by atoms with Crippen molar-refractivity contribution in [3.8, 4) is 0 Å². The molecule has 1 fully saturated rings. The lowest BCUT2D eigenvalue weighted by Crippen LogP contribution is -2.48. The lowest BCUT2D eigenvalue weighted by atomic mass is 9.78. The SMILES string of the molecule is CCNC(=NCC(C)(C)C(=O)NC)NCC1CCCOC1C(C)(C)C. The van der Waals surface area contributed by atoms with Gasteiger partial charge in [-0.05, 0) is 39.0 Å². The van der Waals surface area contributed by atoms with Gasteiger partial charge < -0.3 is 20.7 Å². The lowest BCUT2D eigenvalue weighted by Gasteiger charge is -2.40. The summed E-state index contributed by atoms with van der Waals surface area (Å²) in [4.78, 5) is 16.5. The van der Waals surface area contributed by atoms with Gasteiger partial charge in [0.2, 0.25) is 5.91 Å². The molecule has 25 heavy (non-hydrogen) atoms. The summed E-state index contributed by atoms with van der Waals surface area (Å²) in [5.41, 5.74) is -0.400. The highest BCUT2D eigenvalue weighted by atomic mass is 16.5. The Kier molecular flexibility index (Phi) is 8.19. The smallest absolute Gasteiger partial charge is 0.227 e. The molecule has 0 saturated carbocycles. The number of carbonyl (C=O) groups is 1. The van der Waals surface area contributed by atoms with E-state index in [-0.39, 0.29) is 17.4 Å². The predicted molar refractivity (Wildman–Crippen MR) is 104 cm³/mol. The number of carbonyl (C=O) groups excluding carboxylic acids is 1. The monoisotopic (exact) mass is 354 g/mol. The number of hydrogen-bond donors (Lipinski definition) is 3. The molecule has 146 valence electrons. The first-order valence-corrected chi connectivity index (χ1v) is 9.47. The first-order chi connectivity index (χ1) is 11.6. The van der Waals surface area contributed by atoms with E-state index in [4.69, 9.17) is 4.74 Å². The van der Waals surface area contributed by atoms with Gasteiger partial charge in [-0.2, -0.15) is 0 Å². The Bertz CT molecular complexity index is 455. The van der Waals surface area contributed by atoms with Crippen LogP contribution in [0.2, 0.25) is 0 Å². The molecule has 0 aromatic rings. The normalized spacial score (nSPS) is 22.4. The maximum atomic E-state index is 11.9. The molecule has 1 aliphatic heterocycles. The summed E-state index contributed by atoms with van der Waals surface area (Å²) in [6, 6.07) is 0. The first kappa shape index (κ1) is 21.7. The maximum Gasteiger partial charge on any atom is 0.227 e. The Balaban J connectivity index is 2.71. The standard InChI is InChI=1S/C19H38N4O2/c1-8-21-17(23-13-19(5,6)16(24)20-7)22-12-14-10-9-11-25-15(14)18(2,3)4/h14-15H,8-13H2,1-7H3,(H,20,24)(H2,21,22,23). The molecular formula is C19H38N4O2. The lowest BCUT2D eigenvalue weighted by molar-refractivity contribution is -0.128. The molecule has 1 amide bonds. The third kappa shape index (κ3) is 6.84. The van der Waals surface area contributed by atoms with E-state index < -0.39 is 5.41 Å². The van der Waals surface area contributed by atoms with E-state index in [0.29, 0.717) is 12.5 Å². The van der Waals surface area contributed by atoms with Crippen LogP contribution in [-0.4, -0.2) is 51.3 Å². The summed E-state index contributed by atoms with van der Waals surface area (Å²) in [5, 5.41) is 9.42. The highest BCUT2D eigenvalue weighted by Crippen LogP contribution is 2.33. The average Bonchev–Trinajstić information content (AvgIpc) is 2.56. The Morgan fingerprint density at radius 1 is 1.20 bits per heavy atom. The topological polar surface area (TPSA) is 74.8 Å². The summed E-state index contributed by atoms with van der Waals surface area (Å²) in [6.07, 6.45) is 2.52. The van der Waals surface area contributed by atoms with E-state index in [1.54, 1.807) is 7.05 Å². The van der Waals surface area contributed by atoms with E-state index in [1.165, 1.54) is 0 Å². The average molecular weight is 355 g/mol. The second-order valence-corrected chi connectivity index (χ2v) is 8.60. The van der Waals surface area contributed by atoms with E-state index in [2.05, 4.69) is 41.7 Å². The van der Waals surface area contributed by atoms with Crippen molar-refractivity contribution in [3.05, 3.63) is 0 Å². The van der Waals surface area contributed by atoms with Crippen molar-refractivity contribution in [2.45, 2.75) is 60.5 Å². The third-order valence-corrected chi connectivity index (χ3v) is 4.65. The maximum absolute atomic E-state index is 11.9. The molecule has 3 N–H and O–H groups in total. The molecule has 2 unspecified atom stereocenters. The third-order valence-electron chi connectivity index (χ3n) is 4.65. The largest absolute Gasteiger partial charge is 0.377 e. The van der Waals surface area contributed by atoms with Crippen LogP contribution in [0.1, 0.15) is 54.4 Å². The first-order valence-electron chi connectivity index (χ1n) is 9.47. The zero-order chi connectivity index (χ0) is 19.1. The van der Waals surface area contributed by atoms with E-state index in [0.717, 1.165) is 38.5 Å². The van der Waals surface area contributed by atoms with Crippen LogP contribution < -0.4 is 16.0 Å². The molecule has 0 aliphatic carbocycles. The van der Waals surface area contributed by atoms with Crippen molar-refractivity contribution in [2.24, 2.45) is 21.7 Å². The van der Waals surface area contributed by atoms with E-state index in [9.17, 15) is 4.79 Å². The number of amides is 1. The van der Waals surface area contributed by atoms with Crippen LogP contribution in [0.25, 0.3) is 0 Å². The van der Waals surface area contributed by atoms with Gasteiger partial charge in [0.25, 0.3) is 0 Å². The van der Waals surface area contributed by atoms with Crippen LogP contribution in [-0.2, 0) is 9.53 Å². The van der Waals surface area contributed by atoms with Gasteiger partial charge in [-0.1, -0.05) is 20.8 Å². The second kappa shape index (κ2) is 9.41. The molecule has 2 atom stereocenters. The number of nitrogens with one attached hydrogen (secondary N) is 3. The molecule has 6 nitrogen and oxygen atoms in total. The summed E-state index contributed by atoms with van der Waals surface area (Å²) >= 11 is 0. The number of aliphatic imine (C=N–C) groups is 1. The van der Waals surface area contributed by atoms with Crippen LogP contribution in [0, 0.1) is 16.7 Å². The highest BCUT2D eigenvalue weighted by Gasteiger charge is 2.35.